The Hall–Kier alpha value is -1.60. The highest BCUT2D eigenvalue weighted by Gasteiger charge is 2.11. The number of hydrogen-bond donors (Lipinski definition) is 1. The number of amides is 1. The molecule has 1 rings (SSSR count). The van der Waals surface area contributed by atoms with E-state index in [2.05, 4.69) is 5.32 Å². The van der Waals surface area contributed by atoms with Crippen LogP contribution in [-0.4, -0.2) is 11.9 Å². The summed E-state index contributed by atoms with van der Waals surface area (Å²) in [4.78, 5) is 11.6. The molecule has 1 aromatic carbocycles. The second-order valence-electron chi connectivity index (χ2n) is 3.37. The molecule has 0 saturated carbocycles. The SMILES string of the molecule is CC(CC#N)NC(=O)c1ccc(F)c(Cl)c1. The third kappa shape index (κ3) is 3.21. The van der Waals surface area contributed by atoms with E-state index in [9.17, 15) is 9.18 Å². The van der Waals surface area contributed by atoms with Crippen LogP contribution in [0.2, 0.25) is 5.02 Å². The average molecular weight is 241 g/mol. The van der Waals surface area contributed by atoms with Gasteiger partial charge >= 0.3 is 0 Å². The van der Waals surface area contributed by atoms with Gasteiger partial charge in [0.1, 0.15) is 5.82 Å². The van der Waals surface area contributed by atoms with E-state index in [1.807, 2.05) is 6.07 Å². The predicted octanol–water partition coefficient (Wildman–Crippen LogP) is 2.51. The predicted molar refractivity (Wildman–Crippen MR) is 58.6 cm³/mol. The molecule has 5 heteroatoms. The quantitative estimate of drug-likeness (QED) is 0.883. The number of nitriles is 1. The summed E-state index contributed by atoms with van der Waals surface area (Å²) in [6.07, 6.45) is 0.223. The molecule has 0 aliphatic heterocycles. The van der Waals surface area contributed by atoms with E-state index < -0.39 is 5.82 Å². The van der Waals surface area contributed by atoms with Crippen molar-refractivity contribution in [1.29, 1.82) is 5.26 Å². The van der Waals surface area contributed by atoms with E-state index in [1.54, 1.807) is 6.92 Å². The molecule has 3 nitrogen and oxygen atoms in total. The summed E-state index contributed by atoms with van der Waals surface area (Å²) >= 11 is 5.55. The molecule has 0 radical (unpaired) electrons. The van der Waals surface area contributed by atoms with E-state index in [4.69, 9.17) is 16.9 Å². The van der Waals surface area contributed by atoms with E-state index in [-0.39, 0.29) is 29.0 Å². The lowest BCUT2D eigenvalue weighted by atomic mass is 10.2. The van der Waals surface area contributed by atoms with Crippen LogP contribution >= 0.6 is 11.6 Å². The topological polar surface area (TPSA) is 52.9 Å². The first kappa shape index (κ1) is 12.5. The molecule has 0 aliphatic carbocycles. The number of benzene rings is 1. The minimum absolute atomic E-state index is 0.0967. The molecule has 1 amide bonds. The molecule has 0 bridgehead atoms. The van der Waals surface area contributed by atoms with Crippen LogP contribution in [0, 0.1) is 17.1 Å². The number of nitrogens with one attached hydrogen (secondary N) is 1. The molecule has 1 unspecified atom stereocenters. The summed E-state index contributed by atoms with van der Waals surface area (Å²) in [7, 11) is 0. The van der Waals surface area contributed by atoms with Crippen molar-refractivity contribution in [1.82, 2.24) is 5.32 Å². The number of hydrogen-bond acceptors (Lipinski definition) is 2. The van der Waals surface area contributed by atoms with Gasteiger partial charge in [-0.3, -0.25) is 4.79 Å². The maximum Gasteiger partial charge on any atom is 0.251 e. The second-order valence-corrected chi connectivity index (χ2v) is 3.77. The largest absolute Gasteiger partial charge is 0.349 e. The van der Waals surface area contributed by atoms with Crippen LogP contribution in [0.1, 0.15) is 23.7 Å². The first-order valence-corrected chi connectivity index (χ1v) is 5.05. The van der Waals surface area contributed by atoms with Crippen LogP contribution in [0.25, 0.3) is 0 Å². The van der Waals surface area contributed by atoms with E-state index in [0.29, 0.717) is 0 Å². The molecule has 0 aliphatic rings. The van der Waals surface area contributed by atoms with E-state index in [1.165, 1.54) is 12.1 Å². The minimum Gasteiger partial charge on any atom is -0.349 e. The fourth-order valence-corrected chi connectivity index (χ4v) is 1.31. The van der Waals surface area contributed by atoms with Gasteiger partial charge in [0.15, 0.2) is 0 Å². The Morgan fingerprint density at radius 1 is 1.69 bits per heavy atom. The highest BCUT2D eigenvalue weighted by molar-refractivity contribution is 6.31. The van der Waals surface area contributed by atoms with Gasteiger partial charge in [-0.05, 0) is 25.1 Å². The number of carbonyl (C=O) groups excluding carboxylic acids is 1. The molecule has 1 aromatic rings. The van der Waals surface area contributed by atoms with Crippen molar-refractivity contribution in [3.05, 3.63) is 34.6 Å². The van der Waals surface area contributed by atoms with Gasteiger partial charge in [0.05, 0.1) is 17.5 Å². The van der Waals surface area contributed by atoms with Crippen LogP contribution < -0.4 is 5.32 Å². The maximum absolute atomic E-state index is 12.8. The fraction of sp³-hybridized carbons (Fsp3) is 0.273. The summed E-state index contributed by atoms with van der Waals surface area (Å²) in [5, 5.41) is 10.9. The summed E-state index contributed by atoms with van der Waals surface area (Å²) in [5.41, 5.74) is 0.274. The van der Waals surface area contributed by atoms with Crippen molar-refractivity contribution in [2.24, 2.45) is 0 Å². The van der Waals surface area contributed by atoms with Gasteiger partial charge in [0, 0.05) is 11.6 Å². The molecular formula is C11H10ClFN2O. The normalized spacial score (nSPS) is 11.6. The molecule has 0 saturated heterocycles. The van der Waals surface area contributed by atoms with Crippen molar-refractivity contribution < 1.29 is 9.18 Å². The smallest absolute Gasteiger partial charge is 0.251 e. The molecule has 1 atom stereocenters. The maximum atomic E-state index is 12.8. The highest BCUT2D eigenvalue weighted by atomic mass is 35.5. The number of carbonyl (C=O) groups is 1. The molecule has 0 spiro atoms. The highest BCUT2D eigenvalue weighted by Crippen LogP contribution is 2.16. The van der Waals surface area contributed by atoms with Gasteiger partial charge in [-0.2, -0.15) is 5.26 Å². The Morgan fingerprint density at radius 3 is 2.94 bits per heavy atom. The van der Waals surface area contributed by atoms with Gasteiger partial charge < -0.3 is 5.32 Å². The first-order valence-electron chi connectivity index (χ1n) is 4.67. The molecule has 0 aromatic heterocycles. The zero-order valence-electron chi connectivity index (χ0n) is 8.63. The zero-order chi connectivity index (χ0) is 12.1. The van der Waals surface area contributed by atoms with Gasteiger partial charge in [-0.15, -0.1) is 0 Å². The van der Waals surface area contributed by atoms with Gasteiger partial charge in [0.25, 0.3) is 5.91 Å². The van der Waals surface area contributed by atoms with E-state index in [0.717, 1.165) is 6.07 Å². The molecule has 16 heavy (non-hydrogen) atoms. The molecular weight excluding hydrogens is 231 g/mol. The van der Waals surface area contributed by atoms with Crippen molar-refractivity contribution in [2.75, 3.05) is 0 Å². The minimum atomic E-state index is -0.566. The molecule has 0 fully saturated rings. The first-order chi connectivity index (χ1) is 7.54. The Balaban J connectivity index is 2.74. The number of rotatable bonds is 3. The fourth-order valence-electron chi connectivity index (χ4n) is 1.13. The average Bonchev–Trinajstić information content (AvgIpc) is 2.22. The summed E-state index contributed by atoms with van der Waals surface area (Å²) < 4.78 is 12.8. The lowest BCUT2D eigenvalue weighted by Crippen LogP contribution is -2.32. The zero-order valence-corrected chi connectivity index (χ0v) is 9.38. The van der Waals surface area contributed by atoms with Crippen molar-refractivity contribution >= 4 is 17.5 Å². The Labute approximate surface area is 97.8 Å². The summed E-state index contributed by atoms with van der Waals surface area (Å²) in [5.74, 6) is -0.937. The lowest BCUT2D eigenvalue weighted by Gasteiger charge is -2.10. The van der Waals surface area contributed by atoms with E-state index >= 15 is 0 Å². The molecule has 84 valence electrons. The van der Waals surface area contributed by atoms with Crippen LogP contribution in [0.15, 0.2) is 18.2 Å². The van der Waals surface area contributed by atoms with Crippen LogP contribution in [0.4, 0.5) is 4.39 Å². The number of halogens is 2. The monoisotopic (exact) mass is 240 g/mol. The van der Waals surface area contributed by atoms with Gasteiger partial charge in [0.2, 0.25) is 0 Å². The number of nitrogens with zero attached hydrogens (tertiary/aromatic N) is 1. The third-order valence-corrected chi connectivity index (χ3v) is 2.25. The lowest BCUT2D eigenvalue weighted by molar-refractivity contribution is 0.0941. The van der Waals surface area contributed by atoms with Gasteiger partial charge in [-0.25, -0.2) is 4.39 Å². The summed E-state index contributed by atoms with van der Waals surface area (Å²) in [6, 6.07) is 5.42. The summed E-state index contributed by atoms with van der Waals surface area (Å²) in [6.45, 7) is 1.71. The third-order valence-electron chi connectivity index (χ3n) is 1.96. The van der Waals surface area contributed by atoms with Gasteiger partial charge in [-0.1, -0.05) is 11.6 Å². The van der Waals surface area contributed by atoms with Crippen molar-refractivity contribution in [3.8, 4) is 6.07 Å². The van der Waals surface area contributed by atoms with Crippen LogP contribution in [-0.2, 0) is 0 Å². The standard InChI is InChI=1S/C11H10ClFN2O/c1-7(4-5-14)15-11(16)8-2-3-10(13)9(12)6-8/h2-3,6-7H,4H2,1H3,(H,15,16). The van der Waals surface area contributed by atoms with Crippen molar-refractivity contribution in [2.45, 2.75) is 19.4 Å². The Morgan fingerprint density at radius 2 is 2.38 bits per heavy atom. The van der Waals surface area contributed by atoms with Crippen LogP contribution in [0.3, 0.4) is 0 Å². The molecule has 1 N–H and O–H groups in total. The Bertz CT molecular complexity index is 442. The second kappa shape index (κ2) is 5.47. The van der Waals surface area contributed by atoms with Crippen molar-refractivity contribution in [3.63, 3.8) is 0 Å². The Kier molecular flexibility index (Phi) is 4.27. The molecule has 0 heterocycles. The van der Waals surface area contributed by atoms with Crippen LogP contribution in [0.5, 0.6) is 0 Å².